The van der Waals surface area contributed by atoms with E-state index in [9.17, 15) is 13.2 Å². The van der Waals surface area contributed by atoms with Crippen LogP contribution in [-0.2, 0) is 16.1 Å². The van der Waals surface area contributed by atoms with Crippen LogP contribution in [0.3, 0.4) is 0 Å². The predicted molar refractivity (Wildman–Crippen MR) is 107 cm³/mol. The second-order valence-corrected chi connectivity index (χ2v) is 6.97. The second kappa shape index (κ2) is 11.5. The summed E-state index contributed by atoms with van der Waals surface area (Å²) in [4.78, 5) is 4.24. The zero-order valence-electron chi connectivity index (χ0n) is 17.1. The summed E-state index contributed by atoms with van der Waals surface area (Å²) in [7, 11) is 2.02. The third-order valence-electron chi connectivity index (χ3n) is 4.52. The van der Waals surface area contributed by atoms with Gasteiger partial charge < -0.3 is 19.3 Å². The first-order chi connectivity index (χ1) is 14.3. The number of nitrogens with one attached hydrogen (secondary N) is 1. The first-order valence-corrected chi connectivity index (χ1v) is 9.53. The van der Waals surface area contributed by atoms with Gasteiger partial charge >= 0.3 is 6.36 Å². The molecule has 0 radical (unpaired) electrons. The third-order valence-corrected chi connectivity index (χ3v) is 4.52. The fraction of sp³-hybridized carbons (Fsp3) is 0.429. The number of hydrogen-bond acceptors (Lipinski definition) is 6. The average molecular weight is 424 g/mol. The van der Waals surface area contributed by atoms with Crippen molar-refractivity contribution in [1.82, 2.24) is 9.80 Å². The molecule has 0 spiro atoms. The lowest BCUT2D eigenvalue weighted by Crippen LogP contribution is -2.52. The van der Waals surface area contributed by atoms with E-state index in [1.54, 1.807) is 6.08 Å². The molecule has 1 saturated heterocycles. The molecular formula is C21H27F3N4O2. The molecule has 0 unspecified atom stereocenters. The van der Waals surface area contributed by atoms with Crippen LogP contribution in [0.25, 0.3) is 0 Å². The third kappa shape index (κ3) is 8.38. The van der Waals surface area contributed by atoms with Crippen molar-refractivity contribution in [2.75, 3.05) is 33.3 Å². The zero-order valence-corrected chi connectivity index (χ0v) is 17.1. The Hall–Kier alpha value is -2.65. The highest BCUT2D eigenvalue weighted by Gasteiger charge is 2.31. The van der Waals surface area contributed by atoms with Crippen LogP contribution in [-0.4, -0.2) is 55.5 Å². The van der Waals surface area contributed by atoms with Crippen molar-refractivity contribution < 1.29 is 22.6 Å². The number of benzene rings is 1. The molecule has 1 aliphatic heterocycles. The van der Waals surface area contributed by atoms with Crippen molar-refractivity contribution in [3.05, 3.63) is 71.8 Å². The number of nitrogens with zero attached hydrogens (tertiary/aromatic N) is 3. The lowest BCUT2D eigenvalue weighted by molar-refractivity contribution is -0.305. The van der Waals surface area contributed by atoms with E-state index in [0.717, 1.165) is 18.7 Å². The Kier molecular flexibility index (Phi) is 9.07. The van der Waals surface area contributed by atoms with E-state index in [2.05, 4.69) is 19.7 Å². The molecule has 9 heteroatoms. The molecule has 1 heterocycles. The summed E-state index contributed by atoms with van der Waals surface area (Å²) in [6, 6.07) is 9.82. The van der Waals surface area contributed by atoms with Gasteiger partial charge in [-0.2, -0.15) is 5.11 Å². The molecule has 1 aliphatic rings. The molecule has 1 fully saturated rings. The Balaban J connectivity index is 2.14. The molecule has 0 aromatic heterocycles. The SMILES string of the molecule is C\C(=C/C=C(\C=C\N=N)N1CCN(C)C[C@@H]1COCc1ccccc1)OC(F)(F)F. The molecule has 1 N–H and O–H groups in total. The number of likely N-dealkylation sites (N-methyl/N-ethyl adjacent to an activating group) is 1. The molecule has 164 valence electrons. The van der Waals surface area contributed by atoms with E-state index in [-0.39, 0.29) is 11.8 Å². The van der Waals surface area contributed by atoms with Crippen LogP contribution < -0.4 is 0 Å². The Bertz CT molecular complexity index is 763. The number of alkyl halides is 3. The maximum absolute atomic E-state index is 12.4. The first-order valence-electron chi connectivity index (χ1n) is 9.53. The Morgan fingerprint density at radius 2 is 1.97 bits per heavy atom. The van der Waals surface area contributed by atoms with E-state index >= 15 is 0 Å². The van der Waals surface area contributed by atoms with Crippen molar-refractivity contribution >= 4 is 0 Å². The van der Waals surface area contributed by atoms with Crippen LogP contribution >= 0.6 is 0 Å². The molecule has 30 heavy (non-hydrogen) atoms. The standard InChI is InChI=1S/C21H27F3N4O2/c1-17(30-21(22,23)24)8-9-19(10-11-26-25)28-13-12-27(2)14-20(28)16-29-15-18-6-4-3-5-7-18/h3-11,20,25H,12-16H2,1-2H3/b11-10+,17-8+,19-9+,26-25?/t20-/m1/s1. The van der Waals surface area contributed by atoms with E-state index in [1.165, 1.54) is 25.3 Å². The molecule has 1 aromatic carbocycles. The van der Waals surface area contributed by atoms with Gasteiger partial charge in [-0.25, -0.2) is 5.53 Å². The minimum Gasteiger partial charge on any atom is -0.411 e. The number of hydrogen-bond donors (Lipinski definition) is 1. The lowest BCUT2D eigenvalue weighted by atomic mass is 10.1. The second-order valence-electron chi connectivity index (χ2n) is 6.97. The van der Waals surface area contributed by atoms with Gasteiger partial charge in [0.25, 0.3) is 0 Å². The Morgan fingerprint density at radius 1 is 1.23 bits per heavy atom. The molecule has 1 aromatic rings. The average Bonchev–Trinajstić information content (AvgIpc) is 2.68. The van der Waals surface area contributed by atoms with Gasteiger partial charge in [-0.3, -0.25) is 0 Å². The molecule has 0 aliphatic carbocycles. The molecule has 0 saturated carbocycles. The summed E-state index contributed by atoms with van der Waals surface area (Å²) < 4.78 is 47.0. The first kappa shape index (κ1) is 23.6. The lowest BCUT2D eigenvalue weighted by Gasteiger charge is -2.42. The van der Waals surface area contributed by atoms with Crippen molar-refractivity contribution in [3.8, 4) is 0 Å². The molecule has 1 atom stereocenters. The fourth-order valence-electron chi connectivity index (χ4n) is 3.16. The van der Waals surface area contributed by atoms with Gasteiger partial charge in [-0.1, -0.05) is 30.3 Å². The number of piperazine rings is 1. The van der Waals surface area contributed by atoms with Crippen LogP contribution in [0.5, 0.6) is 0 Å². The quantitative estimate of drug-likeness (QED) is 0.355. The van der Waals surface area contributed by atoms with Crippen LogP contribution in [0.1, 0.15) is 12.5 Å². The number of ether oxygens (including phenoxy) is 2. The summed E-state index contributed by atoms with van der Waals surface area (Å²) in [6.45, 7) is 4.36. The molecule has 0 bridgehead atoms. The topological polar surface area (TPSA) is 61.2 Å². The van der Waals surface area contributed by atoms with Gasteiger partial charge in [0, 0.05) is 25.3 Å². The zero-order chi connectivity index (χ0) is 22.0. The number of halogens is 3. The smallest absolute Gasteiger partial charge is 0.411 e. The van der Waals surface area contributed by atoms with Crippen molar-refractivity contribution in [1.29, 1.82) is 5.53 Å². The van der Waals surface area contributed by atoms with E-state index in [1.807, 2.05) is 37.4 Å². The fourth-order valence-corrected chi connectivity index (χ4v) is 3.16. The van der Waals surface area contributed by atoms with Gasteiger partial charge in [-0.15, -0.1) is 13.2 Å². The van der Waals surface area contributed by atoms with Crippen LogP contribution in [0.2, 0.25) is 0 Å². The number of rotatable bonds is 9. The summed E-state index contributed by atoms with van der Waals surface area (Å²) in [5.74, 6) is -0.276. The number of allylic oxidation sites excluding steroid dienone is 4. The van der Waals surface area contributed by atoms with Crippen molar-refractivity contribution in [3.63, 3.8) is 0 Å². The van der Waals surface area contributed by atoms with Crippen LogP contribution in [0, 0.1) is 5.53 Å². The van der Waals surface area contributed by atoms with E-state index < -0.39 is 6.36 Å². The Morgan fingerprint density at radius 3 is 2.63 bits per heavy atom. The largest absolute Gasteiger partial charge is 0.572 e. The summed E-state index contributed by atoms with van der Waals surface area (Å²) in [5, 5.41) is 3.23. The van der Waals surface area contributed by atoms with Gasteiger partial charge in [0.2, 0.25) is 0 Å². The highest BCUT2D eigenvalue weighted by molar-refractivity contribution is 5.25. The van der Waals surface area contributed by atoms with Crippen molar-refractivity contribution in [2.45, 2.75) is 25.9 Å². The minimum absolute atomic E-state index is 0.00802. The van der Waals surface area contributed by atoms with Crippen LogP contribution in [0.4, 0.5) is 13.2 Å². The molecule has 2 rings (SSSR count). The molecule has 0 amide bonds. The highest BCUT2D eigenvalue weighted by atomic mass is 19.4. The van der Waals surface area contributed by atoms with Crippen LogP contribution in [0.15, 0.2) is 71.3 Å². The van der Waals surface area contributed by atoms with Gasteiger partial charge in [0.05, 0.1) is 25.5 Å². The van der Waals surface area contributed by atoms with Gasteiger partial charge in [0.1, 0.15) is 5.76 Å². The van der Waals surface area contributed by atoms with Crippen molar-refractivity contribution in [2.24, 2.45) is 5.11 Å². The van der Waals surface area contributed by atoms with E-state index in [0.29, 0.717) is 25.5 Å². The molecular weight excluding hydrogens is 397 g/mol. The summed E-state index contributed by atoms with van der Waals surface area (Å²) >= 11 is 0. The predicted octanol–water partition coefficient (Wildman–Crippen LogP) is 4.69. The Labute approximate surface area is 174 Å². The minimum atomic E-state index is -4.73. The highest BCUT2D eigenvalue weighted by Crippen LogP contribution is 2.22. The van der Waals surface area contributed by atoms with Gasteiger partial charge in [0.15, 0.2) is 0 Å². The monoisotopic (exact) mass is 424 g/mol. The molecule has 6 nitrogen and oxygen atoms in total. The van der Waals surface area contributed by atoms with Gasteiger partial charge in [-0.05, 0) is 37.8 Å². The summed E-state index contributed by atoms with van der Waals surface area (Å²) in [6.07, 6.45) is 0.956. The van der Waals surface area contributed by atoms with E-state index in [4.69, 9.17) is 10.3 Å². The normalized spacial score (nSPS) is 19.4. The maximum atomic E-state index is 12.4. The summed E-state index contributed by atoms with van der Waals surface area (Å²) in [5.41, 5.74) is 8.71. The maximum Gasteiger partial charge on any atom is 0.572 e.